The Balaban J connectivity index is 3.09. The second-order valence-corrected chi connectivity index (χ2v) is 5.24. The second kappa shape index (κ2) is 5.74. The standard InChI is InChI=1S/C13H16BrF2N/c1-4-13(2,8-17-3)7-9-11(15)6-5-10(14)12(9)16/h4-6,17H,1,7-8H2,2-3H3. The van der Waals surface area contributed by atoms with Crippen LogP contribution in [0, 0.1) is 17.0 Å². The normalized spacial score (nSPS) is 14.4. The molecule has 0 aliphatic heterocycles. The highest BCUT2D eigenvalue weighted by molar-refractivity contribution is 9.10. The first kappa shape index (κ1) is 14.3. The maximum absolute atomic E-state index is 13.8. The van der Waals surface area contributed by atoms with Crippen molar-refractivity contribution in [3.63, 3.8) is 0 Å². The van der Waals surface area contributed by atoms with Gasteiger partial charge in [0, 0.05) is 17.5 Å². The van der Waals surface area contributed by atoms with Crippen LogP contribution in [0.15, 0.2) is 29.3 Å². The van der Waals surface area contributed by atoms with E-state index in [4.69, 9.17) is 0 Å². The van der Waals surface area contributed by atoms with Gasteiger partial charge in [0.2, 0.25) is 0 Å². The van der Waals surface area contributed by atoms with Crippen LogP contribution in [-0.4, -0.2) is 13.6 Å². The molecule has 4 heteroatoms. The van der Waals surface area contributed by atoms with Crippen molar-refractivity contribution in [3.05, 3.63) is 46.5 Å². The number of halogens is 3. The highest BCUT2D eigenvalue weighted by atomic mass is 79.9. The Morgan fingerprint density at radius 3 is 2.65 bits per heavy atom. The summed E-state index contributed by atoms with van der Waals surface area (Å²) in [6.45, 7) is 6.26. The fraction of sp³-hybridized carbons (Fsp3) is 0.385. The van der Waals surface area contributed by atoms with Gasteiger partial charge in [0.25, 0.3) is 0 Å². The van der Waals surface area contributed by atoms with Crippen LogP contribution in [-0.2, 0) is 6.42 Å². The SMILES string of the molecule is C=CC(C)(CNC)Cc1c(F)ccc(Br)c1F. The summed E-state index contributed by atoms with van der Waals surface area (Å²) in [6, 6.07) is 2.64. The Morgan fingerprint density at radius 2 is 2.12 bits per heavy atom. The first-order valence-electron chi connectivity index (χ1n) is 5.34. The summed E-state index contributed by atoms with van der Waals surface area (Å²) in [4.78, 5) is 0. The van der Waals surface area contributed by atoms with E-state index in [0.717, 1.165) is 0 Å². The largest absolute Gasteiger partial charge is 0.319 e. The van der Waals surface area contributed by atoms with Crippen LogP contribution in [0.4, 0.5) is 8.78 Å². The fourth-order valence-corrected chi connectivity index (χ4v) is 2.12. The van der Waals surface area contributed by atoms with Gasteiger partial charge in [0.1, 0.15) is 11.6 Å². The van der Waals surface area contributed by atoms with Gasteiger partial charge >= 0.3 is 0 Å². The van der Waals surface area contributed by atoms with Crippen molar-refractivity contribution in [2.75, 3.05) is 13.6 Å². The second-order valence-electron chi connectivity index (χ2n) is 4.39. The van der Waals surface area contributed by atoms with Crippen molar-refractivity contribution >= 4 is 15.9 Å². The molecule has 17 heavy (non-hydrogen) atoms. The zero-order valence-electron chi connectivity index (χ0n) is 9.99. The van der Waals surface area contributed by atoms with Crippen LogP contribution in [0.3, 0.4) is 0 Å². The van der Waals surface area contributed by atoms with E-state index in [9.17, 15) is 8.78 Å². The van der Waals surface area contributed by atoms with Crippen LogP contribution in [0.5, 0.6) is 0 Å². The van der Waals surface area contributed by atoms with E-state index < -0.39 is 11.6 Å². The fourth-order valence-electron chi connectivity index (χ4n) is 1.75. The van der Waals surface area contributed by atoms with Crippen LogP contribution < -0.4 is 5.32 Å². The van der Waals surface area contributed by atoms with E-state index in [-0.39, 0.29) is 21.9 Å². The van der Waals surface area contributed by atoms with Gasteiger partial charge in [-0.05, 0) is 41.5 Å². The molecule has 1 nitrogen and oxygen atoms in total. The quantitative estimate of drug-likeness (QED) is 0.646. The molecule has 1 aromatic rings. The summed E-state index contributed by atoms with van der Waals surface area (Å²) in [6.07, 6.45) is 2.00. The molecule has 0 aliphatic carbocycles. The van der Waals surface area contributed by atoms with E-state index in [1.165, 1.54) is 12.1 Å². The highest BCUT2D eigenvalue weighted by Crippen LogP contribution is 2.29. The monoisotopic (exact) mass is 303 g/mol. The summed E-state index contributed by atoms with van der Waals surface area (Å²) in [5.74, 6) is -1.05. The topological polar surface area (TPSA) is 12.0 Å². The third-order valence-electron chi connectivity index (χ3n) is 2.79. The molecular weight excluding hydrogens is 288 g/mol. The van der Waals surface area contributed by atoms with Crippen molar-refractivity contribution in [1.29, 1.82) is 0 Å². The first-order chi connectivity index (χ1) is 7.93. The molecule has 1 aromatic carbocycles. The van der Waals surface area contributed by atoms with Gasteiger partial charge in [-0.1, -0.05) is 13.0 Å². The minimum Gasteiger partial charge on any atom is -0.319 e. The molecule has 0 aromatic heterocycles. The molecule has 0 saturated carbocycles. The minimum absolute atomic E-state index is 0.0945. The van der Waals surface area contributed by atoms with Gasteiger partial charge in [-0.25, -0.2) is 8.78 Å². The molecule has 0 aliphatic rings. The number of hydrogen-bond donors (Lipinski definition) is 1. The summed E-state index contributed by atoms with van der Waals surface area (Å²) >= 11 is 3.07. The Labute approximate surface area is 109 Å². The Kier molecular flexibility index (Phi) is 4.83. The van der Waals surface area contributed by atoms with Gasteiger partial charge in [0.15, 0.2) is 0 Å². The number of hydrogen-bond acceptors (Lipinski definition) is 1. The predicted octanol–water partition coefficient (Wildman–Crippen LogP) is 3.68. The van der Waals surface area contributed by atoms with E-state index in [1.807, 2.05) is 6.92 Å². The van der Waals surface area contributed by atoms with Crippen molar-refractivity contribution in [1.82, 2.24) is 5.32 Å². The van der Waals surface area contributed by atoms with Gasteiger partial charge in [-0.15, -0.1) is 6.58 Å². The minimum atomic E-state index is -0.533. The Hall–Kier alpha value is -0.740. The van der Waals surface area contributed by atoms with Crippen LogP contribution >= 0.6 is 15.9 Å². The molecule has 0 saturated heterocycles. The van der Waals surface area contributed by atoms with Gasteiger partial charge in [0.05, 0.1) is 4.47 Å². The molecule has 0 amide bonds. The molecular formula is C13H16BrF2N. The summed E-state index contributed by atoms with van der Waals surface area (Å²) in [5, 5.41) is 3.01. The van der Waals surface area contributed by atoms with Crippen molar-refractivity contribution in [2.24, 2.45) is 5.41 Å². The number of nitrogens with one attached hydrogen (secondary N) is 1. The molecule has 1 N–H and O–H groups in total. The molecule has 94 valence electrons. The Morgan fingerprint density at radius 1 is 1.47 bits per heavy atom. The summed E-state index contributed by atoms with van der Waals surface area (Å²) < 4.78 is 27.7. The number of rotatable bonds is 5. The molecule has 1 atom stereocenters. The smallest absolute Gasteiger partial charge is 0.143 e. The van der Waals surface area contributed by atoms with Crippen LogP contribution in [0.2, 0.25) is 0 Å². The third-order valence-corrected chi connectivity index (χ3v) is 3.41. The molecule has 0 radical (unpaired) electrons. The lowest BCUT2D eigenvalue weighted by Crippen LogP contribution is -2.30. The van der Waals surface area contributed by atoms with Gasteiger partial charge in [-0.2, -0.15) is 0 Å². The zero-order valence-corrected chi connectivity index (χ0v) is 11.6. The lowest BCUT2D eigenvalue weighted by atomic mass is 9.83. The first-order valence-corrected chi connectivity index (χ1v) is 6.13. The maximum atomic E-state index is 13.8. The molecule has 0 fully saturated rings. The Bertz CT molecular complexity index is 420. The van der Waals surface area contributed by atoms with Crippen LogP contribution in [0.25, 0.3) is 0 Å². The van der Waals surface area contributed by atoms with Gasteiger partial charge in [-0.3, -0.25) is 0 Å². The van der Waals surface area contributed by atoms with Crippen LogP contribution in [0.1, 0.15) is 12.5 Å². The zero-order chi connectivity index (χ0) is 13.1. The molecule has 1 rings (SSSR count). The lowest BCUT2D eigenvalue weighted by Gasteiger charge is -2.26. The molecule has 0 heterocycles. The van der Waals surface area contributed by atoms with E-state index in [1.54, 1.807) is 13.1 Å². The van der Waals surface area contributed by atoms with E-state index in [2.05, 4.69) is 27.8 Å². The van der Waals surface area contributed by atoms with Crippen molar-refractivity contribution in [3.8, 4) is 0 Å². The van der Waals surface area contributed by atoms with E-state index >= 15 is 0 Å². The summed E-state index contributed by atoms with van der Waals surface area (Å²) in [5.41, 5.74) is -0.283. The highest BCUT2D eigenvalue weighted by Gasteiger charge is 2.24. The lowest BCUT2D eigenvalue weighted by molar-refractivity contribution is 0.388. The number of benzene rings is 1. The average Bonchev–Trinajstić information content (AvgIpc) is 2.30. The van der Waals surface area contributed by atoms with E-state index in [0.29, 0.717) is 6.54 Å². The van der Waals surface area contributed by atoms with Gasteiger partial charge < -0.3 is 5.32 Å². The average molecular weight is 304 g/mol. The summed E-state index contributed by atoms with van der Waals surface area (Å²) in [7, 11) is 1.80. The molecule has 0 spiro atoms. The van der Waals surface area contributed by atoms with Crippen molar-refractivity contribution in [2.45, 2.75) is 13.3 Å². The maximum Gasteiger partial charge on any atom is 0.143 e. The molecule has 0 bridgehead atoms. The van der Waals surface area contributed by atoms with Crippen molar-refractivity contribution < 1.29 is 8.78 Å². The predicted molar refractivity (Wildman–Crippen MR) is 70.0 cm³/mol. The third kappa shape index (κ3) is 3.36. The molecule has 1 unspecified atom stereocenters.